The summed E-state index contributed by atoms with van der Waals surface area (Å²) in [5, 5.41) is 15.6. The van der Waals surface area contributed by atoms with Crippen LogP contribution < -0.4 is 5.73 Å². The van der Waals surface area contributed by atoms with Crippen molar-refractivity contribution in [2.45, 2.75) is 6.92 Å². The molecule has 0 unspecified atom stereocenters. The standard InChI is InChI=1S/C17H13ClN6O/c1-9-4-6-24(23-9)16-14(21-17(25)15(19)22-16)11-7-10-3-2-5-20-13(10)12(18)8-11/h2-8H,1H3,(H2,19,22)(H,21,25). The molecular weight excluding hydrogens is 340 g/mol. The van der Waals surface area contributed by atoms with Crippen LogP contribution in [0, 0.1) is 6.92 Å². The van der Waals surface area contributed by atoms with Gasteiger partial charge in [0.25, 0.3) is 5.88 Å². The minimum atomic E-state index is -0.343. The summed E-state index contributed by atoms with van der Waals surface area (Å²) < 4.78 is 1.56. The monoisotopic (exact) mass is 352 g/mol. The lowest BCUT2D eigenvalue weighted by Gasteiger charge is -2.11. The van der Waals surface area contributed by atoms with E-state index in [2.05, 4.69) is 20.1 Å². The maximum absolute atomic E-state index is 9.95. The highest BCUT2D eigenvalue weighted by atomic mass is 35.5. The summed E-state index contributed by atoms with van der Waals surface area (Å²) in [6, 6.07) is 9.18. The van der Waals surface area contributed by atoms with Gasteiger partial charge in [0, 0.05) is 23.3 Å². The van der Waals surface area contributed by atoms with E-state index in [9.17, 15) is 5.11 Å². The molecule has 25 heavy (non-hydrogen) atoms. The van der Waals surface area contributed by atoms with Crippen LogP contribution in [-0.2, 0) is 0 Å². The van der Waals surface area contributed by atoms with Crippen molar-refractivity contribution >= 4 is 28.3 Å². The smallest absolute Gasteiger partial charge is 0.255 e. The third-order valence-electron chi connectivity index (χ3n) is 3.76. The number of hydrogen-bond acceptors (Lipinski definition) is 6. The van der Waals surface area contributed by atoms with Crippen LogP contribution in [-0.4, -0.2) is 29.8 Å². The van der Waals surface area contributed by atoms with E-state index in [-0.39, 0.29) is 11.7 Å². The van der Waals surface area contributed by atoms with Crippen molar-refractivity contribution in [1.82, 2.24) is 24.7 Å². The first-order valence-corrected chi connectivity index (χ1v) is 7.84. The minimum Gasteiger partial charge on any atom is -0.491 e. The van der Waals surface area contributed by atoms with Gasteiger partial charge in [-0.15, -0.1) is 0 Å². The van der Waals surface area contributed by atoms with Crippen LogP contribution in [0.3, 0.4) is 0 Å². The first-order valence-electron chi connectivity index (χ1n) is 7.46. The highest BCUT2D eigenvalue weighted by molar-refractivity contribution is 6.35. The second-order valence-electron chi connectivity index (χ2n) is 5.54. The Kier molecular flexibility index (Phi) is 3.51. The Labute approximate surface area is 147 Å². The molecule has 7 nitrogen and oxygen atoms in total. The van der Waals surface area contributed by atoms with Crippen LogP contribution in [0.5, 0.6) is 5.88 Å². The van der Waals surface area contributed by atoms with Gasteiger partial charge in [0.05, 0.1) is 16.2 Å². The summed E-state index contributed by atoms with van der Waals surface area (Å²) in [7, 11) is 0. The van der Waals surface area contributed by atoms with Gasteiger partial charge in [-0.05, 0) is 31.2 Å². The number of aryl methyl sites for hydroxylation is 1. The molecule has 0 aliphatic carbocycles. The van der Waals surface area contributed by atoms with Crippen molar-refractivity contribution in [3.05, 3.63) is 53.4 Å². The van der Waals surface area contributed by atoms with E-state index in [1.54, 1.807) is 23.1 Å². The summed E-state index contributed by atoms with van der Waals surface area (Å²) in [5.41, 5.74) is 8.34. The van der Waals surface area contributed by atoms with E-state index >= 15 is 0 Å². The minimum absolute atomic E-state index is 0.0690. The Bertz CT molecular complexity index is 1110. The number of hydrogen-bond donors (Lipinski definition) is 2. The SMILES string of the molecule is Cc1ccn(-c2nc(N)c(O)nc2-c2cc(Cl)c3ncccc3c2)n1. The molecule has 0 aliphatic rings. The number of nitrogens with two attached hydrogens (primary N) is 1. The molecule has 3 heterocycles. The molecule has 1 aromatic carbocycles. The number of anilines is 1. The van der Waals surface area contributed by atoms with Gasteiger partial charge in [0.15, 0.2) is 11.6 Å². The zero-order valence-electron chi connectivity index (χ0n) is 13.2. The molecule has 3 N–H and O–H groups in total. The van der Waals surface area contributed by atoms with Crippen molar-refractivity contribution in [3.8, 4) is 23.0 Å². The van der Waals surface area contributed by atoms with Crippen molar-refractivity contribution in [3.63, 3.8) is 0 Å². The third kappa shape index (κ3) is 2.64. The Hall–Kier alpha value is -3.19. The van der Waals surface area contributed by atoms with Gasteiger partial charge >= 0.3 is 0 Å². The number of aromatic hydroxyl groups is 1. The van der Waals surface area contributed by atoms with Crippen molar-refractivity contribution in [1.29, 1.82) is 0 Å². The normalized spacial score (nSPS) is 11.1. The predicted octanol–water partition coefficient (Wildman–Crippen LogP) is 3.13. The maximum Gasteiger partial charge on any atom is 0.255 e. The van der Waals surface area contributed by atoms with E-state index in [1.807, 2.05) is 31.2 Å². The van der Waals surface area contributed by atoms with E-state index < -0.39 is 0 Å². The lowest BCUT2D eigenvalue weighted by atomic mass is 10.1. The lowest BCUT2D eigenvalue weighted by Crippen LogP contribution is -2.06. The number of aromatic nitrogens is 5. The van der Waals surface area contributed by atoms with Crippen LogP contribution in [0.15, 0.2) is 42.7 Å². The van der Waals surface area contributed by atoms with Gasteiger partial charge in [0.1, 0.15) is 5.69 Å². The highest BCUT2D eigenvalue weighted by Gasteiger charge is 2.17. The summed E-state index contributed by atoms with van der Waals surface area (Å²) in [5.74, 6) is -0.00630. The zero-order valence-corrected chi connectivity index (χ0v) is 13.9. The Balaban J connectivity index is 2.00. The van der Waals surface area contributed by atoms with Crippen LogP contribution in [0.2, 0.25) is 5.02 Å². The van der Waals surface area contributed by atoms with E-state index in [1.165, 1.54) is 0 Å². The molecule has 0 radical (unpaired) electrons. The third-order valence-corrected chi connectivity index (χ3v) is 4.04. The molecule has 0 saturated heterocycles. The van der Waals surface area contributed by atoms with Gasteiger partial charge in [-0.2, -0.15) is 5.10 Å². The van der Waals surface area contributed by atoms with E-state index in [4.69, 9.17) is 17.3 Å². The second kappa shape index (κ2) is 5.71. The van der Waals surface area contributed by atoms with Gasteiger partial charge in [0.2, 0.25) is 0 Å². The molecule has 3 aromatic heterocycles. The van der Waals surface area contributed by atoms with Crippen LogP contribution >= 0.6 is 11.6 Å². The number of halogens is 1. The molecule has 4 aromatic rings. The number of fused-ring (bicyclic) bond motifs is 1. The summed E-state index contributed by atoms with van der Waals surface area (Å²) in [6.07, 6.45) is 3.43. The number of nitrogens with zero attached hydrogens (tertiary/aromatic N) is 5. The van der Waals surface area contributed by atoms with Gasteiger partial charge < -0.3 is 10.8 Å². The molecule has 8 heteroatoms. The molecule has 0 saturated carbocycles. The van der Waals surface area contributed by atoms with Crippen LogP contribution in [0.4, 0.5) is 5.82 Å². The fraction of sp³-hybridized carbons (Fsp3) is 0.0588. The van der Waals surface area contributed by atoms with E-state index in [0.29, 0.717) is 27.6 Å². The quantitative estimate of drug-likeness (QED) is 0.574. The molecule has 0 aliphatic heterocycles. The van der Waals surface area contributed by atoms with Gasteiger partial charge in [-0.3, -0.25) is 4.98 Å². The second-order valence-corrected chi connectivity index (χ2v) is 5.95. The largest absolute Gasteiger partial charge is 0.491 e. The number of pyridine rings is 1. The fourth-order valence-electron chi connectivity index (χ4n) is 2.60. The molecule has 4 rings (SSSR count). The van der Waals surface area contributed by atoms with Crippen LogP contribution in [0.1, 0.15) is 5.69 Å². The van der Waals surface area contributed by atoms with Gasteiger partial charge in [-0.25, -0.2) is 14.6 Å². The summed E-state index contributed by atoms with van der Waals surface area (Å²) >= 11 is 6.37. The Morgan fingerprint density at radius 3 is 2.80 bits per heavy atom. The Morgan fingerprint density at radius 1 is 1.20 bits per heavy atom. The average Bonchev–Trinajstić information content (AvgIpc) is 3.03. The first kappa shape index (κ1) is 15.3. The topological polar surface area (TPSA) is 103 Å². The summed E-state index contributed by atoms with van der Waals surface area (Å²) in [6.45, 7) is 1.87. The maximum atomic E-state index is 9.95. The molecule has 0 fully saturated rings. The van der Waals surface area contributed by atoms with Crippen molar-refractivity contribution < 1.29 is 5.11 Å². The number of rotatable bonds is 2. The van der Waals surface area contributed by atoms with E-state index in [0.717, 1.165) is 11.1 Å². The Morgan fingerprint density at radius 2 is 2.04 bits per heavy atom. The molecule has 0 amide bonds. The molecule has 0 spiro atoms. The number of nitrogen functional groups attached to an aromatic ring is 1. The fourth-order valence-corrected chi connectivity index (χ4v) is 2.88. The van der Waals surface area contributed by atoms with Crippen molar-refractivity contribution in [2.75, 3.05) is 5.73 Å². The molecule has 0 bridgehead atoms. The molecule has 0 atom stereocenters. The number of benzene rings is 1. The summed E-state index contributed by atoms with van der Waals surface area (Å²) in [4.78, 5) is 12.7. The highest BCUT2D eigenvalue weighted by Crippen LogP contribution is 2.33. The molecule has 124 valence electrons. The predicted molar refractivity (Wildman–Crippen MR) is 95.7 cm³/mol. The van der Waals surface area contributed by atoms with Gasteiger partial charge in [-0.1, -0.05) is 17.7 Å². The first-order chi connectivity index (χ1) is 12.0. The van der Waals surface area contributed by atoms with Crippen LogP contribution in [0.25, 0.3) is 28.0 Å². The molecular formula is C17H13ClN6O. The van der Waals surface area contributed by atoms with Crippen molar-refractivity contribution in [2.24, 2.45) is 0 Å². The lowest BCUT2D eigenvalue weighted by molar-refractivity contribution is 0.454. The average molecular weight is 353 g/mol. The zero-order chi connectivity index (χ0) is 17.6.